The molecule has 1 fully saturated rings. The van der Waals surface area contributed by atoms with Crippen molar-refractivity contribution in [1.82, 2.24) is 4.90 Å². The molecular weight excluding hydrogens is 347 g/mol. The third kappa shape index (κ3) is 2.10. The van der Waals surface area contributed by atoms with Crippen molar-refractivity contribution in [2.45, 2.75) is 30.0 Å². The summed E-state index contributed by atoms with van der Waals surface area (Å²) in [6, 6.07) is -20.1. The molecule has 1 heterocycles. The second-order valence-corrected chi connectivity index (χ2v) is 3.40. The number of carboxylic acid groups (broad SMARTS) is 1. The fourth-order valence-corrected chi connectivity index (χ4v) is 1.28. The Morgan fingerprint density at radius 1 is 0.850 bits per heavy atom. The molecule has 0 aromatic carbocycles. The molecule has 0 spiro atoms. The van der Waals surface area contributed by atoms with Crippen LogP contribution in [0, 0.1) is 0 Å². The summed E-state index contributed by atoms with van der Waals surface area (Å²) < 4.78 is 126. The Labute approximate surface area is 145 Å². The monoisotopic (exact) mass is 347 g/mol. The van der Waals surface area contributed by atoms with Crippen LogP contribution in [-0.2, 0) is 4.79 Å². The fourth-order valence-electron chi connectivity index (χ4n) is 1.28. The zero-order chi connectivity index (χ0) is 15.7. The summed E-state index contributed by atoms with van der Waals surface area (Å²) in [6.45, 7) is 0. The van der Waals surface area contributed by atoms with Gasteiger partial charge in [-0.15, -0.1) is 4.90 Å². The van der Waals surface area contributed by atoms with Gasteiger partial charge in [0.2, 0.25) is 0 Å². The van der Waals surface area contributed by atoms with E-state index in [-0.39, 0.29) is 51.4 Å². The van der Waals surface area contributed by atoms with Crippen LogP contribution in [0.5, 0.6) is 0 Å². The second kappa shape index (κ2) is 4.94. The van der Waals surface area contributed by atoms with Crippen LogP contribution in [0.15, 0.2) is 0 Å². The maximum atomic E-state index is 12.7. The van der Waals surface area contributed by atoms with E-state index in [0.29, 0.717) is 0 Å². The average molecular weight is 347 g/mol. The Balaban J connectivity index is 0.00000361. The number of hydrogen-bond acceptors (Lipinski definition) is 3. The van der Waals surface area contributed by atoms with Crippen molar-refractivity contribution in [2.24, 2.45) is 0 Å². The zero-order valence-corrected chi connectivity index (χ0v) is 12.2. The first-order valence-corrected chi connectivity index (χ1v) is 3.97. The van der Waals surface area contributed by atoms with E-state index >= 15 is 0 Å². The fraction of sp³-hybridized carbons (Fsp3) is 0.833. The van der Waals surface area contributed by atoms with Crippen LogP contribution in [0.2, 0.25) is 0 Å². The number of carbonyl (C=O) groups excluding carboxylic acids is 1. The SMILES string of the molecule is O=C([O-])C(F)(F)N1C(F)(F)C(F)(F)C(F)(F)C1(F)F.[K+]. The standard InChI is InChI=1S/C6HF10NO2.K/c7-2(8,1(18)19)17-5(13,14)3(9,10)4(11,12)6(17,15)16;/h(H,18,19);/q;+1/p-1. The van der Waals surface area contributed by atoms with Crippen molar-refractivity contribution in [1.29, 1.82) is 0 Å². The summed E-state index contributed by atoms with van der Waals surface area (Å²) in [5.41, 5.74) is 0. The van der Waals surface area contributed by atoms with Gasteiger partial charge in [0.25, 0.3) is 0 Å². The van der Waals surface area contributed by atoms with Crippen LogP contribution in [0.4, 0.5) is 43.9 Å². The molecule has 1 aliphatic heterocycles. The minimum absolute atomic E-state index is 0. The Bertz CT molecular complexity index is 398. The first kappa shape index (κ1) is 20.4. The van der Waals surface area contributed by atoms with Gasteiger partial charge in [-0.05, 0) is 0 Å². The van der Waals surface area contributed by atoms with Crippen LogP contribution in [0.1, 0.15) is 0 Å². The third-order valence-electron chi connectivity index (χ3n) is 2.24. The topological polar surface area (TPSA) is 43.4 Å². The van der Waals surface area contributed by atoms with E-state index < -0.39 is 40.9 Å². The largest absolute Gasteiger partial charge is 1.00 e. The molecule has 20 heavy (non-hydrogen) atoms. The smallest absolute Gasteiger partial charge is 0.543 e. The van der Waals surface area contributed by atoms with Crippen molar-refractivity contribution >= 4 is 5.97 Å². The van der Waals surface area contributed by atoms with Gasteiger partial charge in [-0.2, -0.15) is 43.9 Å². The Morgan fingerprint density at radius 2 is 1.10 bits per heavy atom. The van der Waals surface area contributed by atoms with Crippen molar-refractivity contribution in [2.75, 3.05) is 0 Å². The van der Waals surface area contributed by atoms with Crippen molar-refractivity contribution in [3.05, 3.63) is 0 Å². The molecular formula is C6F10KNO2. The molecule has 1 rings (SSSR count). The molecule has 0 aromatic heterocycles. The summed E-state index contributed by atoms with van der Waals surface area (Å²) in [7, 11) is 0. The minimum atomic E-state index is -6.93. The van der Waals surface area contributed by atoms with Crippen LogP contribution < -0.4 is 56.5 Å². The van der Waals surface area contributed by atoms with Crippen LogP contribution >= 0.6 is 0 Å². The van der Waals surface area contributed by atoms with E-state index in [1.165, 1.54) is 0 Å². The number of aliphatic carboxylic acids is 1. The van der Waals surface area contributed by atoms with E-state index in [9.17, 15) is 53.8 Å². The molecule has 0 bridgehead atoms. The maximum Gasteiger partial charge on any atom is 1.00 e. The number of halogens is 10. The van der Waals surface area contributed by atoms with Gasteiger partial charge in [0.15, 0.2) is 0 Å². The Kier molecular flexibility index (Phi) is 5.03. The number of hydrogen-bond donors (Lipinski definition) is 0. The normalized spacial score (nSPS) is 26.9. The van der Waals surface area contributed by atoms with Crippen molar-refractivity contribution in [3.8, 4) is 0 Å². The molecule has 0 N–H and O–H groups in total. The number of likely N-dealkylation sites (tertiary alicyclic amines) is 1. The van der Waals surface area contributed by atoms with Crippen molar-refractivity contribution in [3.63, 3.8) is 0 Å². The third-order valence-corrected chi connectivity index (χ3v) is 2.24. The van der Waals surface area contributed by atoms with Gasteiger partial charge in [0.1, 0.15) is 5.97 Å². The molecule has 0 saturated carbocycles. The molecule has 14 heteroatoms. The van der Waals surface area contributed by atoms with Crippen LogP contribution in [-0.4, -0.2) is 40.9 Å². The van der Waals surface area contributed by atoms with E-state index in [0.717, 1.165) is 0 Å². The summed E-state index contributed by atoms with van der Waals surface area (Å²) >= 11 is 0. The van der Waals surface area contributed by atoms with Gasteiger partial charge in [-0.3, -0.25) is 0 Å². The van der Waals surface area contributed by atoms with Gasteiger partial charge < -0.3 is 9.90 Å². The predicted molar refractivity (Wildman–Crippen MR) is 31.6 cm³/mol. The number of alkyl halides is 10. The zero-order valence-electron chi connectivity index (χ0n) is 9.04. The summed E-state index contributed by atoms with van der Waals surface area (Å²) in [5.74, 6) is -17.8. The summed E-state index contributed by atoms with van der Waals surface area (Å²) in [4.78, 5) is 6.39. The van der Waals surface area contributed by atoms with Crippen LogP contribution in [0.25, 0.3) is 0 Å². The van der Waals surface area contributed by atoms with E-state index in [1.807, 2.05) is 0 Å². The molecule has 3 nitrogen and oxygen atoms in total. The maximum absolute atomic E-state index is 12.7. The first-order chi connectivity index (χ1) is 8.06. The number of nitrogens with zero attached hydrogens (tertiary/aromatic N) is 1. The number of carboxylic acids is 1. The van der Waals surface area contributed by atoms with Gasteiger partial charge in [-0.1, -0.05) is 0 Å². The van der Waals surface area contributed by atoms with E-state index in [4.69, 9.17) is 0 Å². The quantitative estimate of drug-likeness (QED) is 0.333. The van der Waals surface area contributed by atoms with Crippen molar-refractivity contribution < 1.29 is 105 Å². The molecule has 1 aliphatic rings. The van der Waals surface area contributed by atoms with E-state index in [2.05, 4.69) is 0 Å². The molecule has 0 amide bonds. The Hall–Kier alpha value is 0.366. The average Bonchev–Trinajstić information content (AvgIpc) is 2.20. The second-order valence-electron chi connectivity index (χ2n) is 3.40. The molecule has 0 atom stereocenters. The predicted octanol–water partition coefficient (Wildman–Crippen LogP) is -1.90. The molecule has 0 unspecified atom stereocenters. The van der Waals surface area contributed by atoms with Crippen LogP contribution in [0.3, 0.4) is 0 Å². The molecule has 0 aromatic rings. The number of carbonyl (C=O) groups is 1. The van der Waals surface area contributed by atoms with Gasteiger partial charge in [-0.25, -0.2) is 0 Å². The first-order valence-electron chi connectivity index (χ1n) is 3.97. The molecule has 1 saturated heterocycles. The molecule has 0 aliphatic carbocycles. The Morgan fingerprint density at radius 3 is 1.30 bits per heavy atom. The molecule has 112 valence electrons. The van der Waals surface area contributed by atoms with E-state index in [1.54, 1.807) is 0 Å². The summed E-state index contributed by atoms with van der Waals surface area (Å²) in [6.07, 6.45) is 0. The molecule has 0 radical (unpaired) electrons. The number of rotatable bonds is 2. The van der Waals surface area contributed by atoms with Gasteiger partial charge >= 0.3 is 81.4 Å². The van der Waals surface area contributed by atoms with Gasteiger partial charge in [0, 0.05) is 0 Å². The summed E-state index contributed by atoms with van der Waals surface area (Å²) in [5, 5.41) is 9.75. The van der Waals surface area contributed by atoms with Gasteiger partial charge in [0.05, 0.1) is 0 Å². The minimum Gasteiger partial charge on any atom is -0.543 e.